The van der Waals surface area contributed by atoms with Crippen LogP contribution in [-0.2, 0) is 32.1 Å². The van der Waals surface area contributed by atoms with E-state index in [2.05, 4.69) is 10.3 Å². The fourth-order valence-corrected chi connectivity index (χ4v) is 8.34. The van der Waals surface area contributed by atoms with E-state index in [1.807, 2.05) is 55.6 Å². The number of rotatable bonds is 7. The van der Waals surface area contributed by atoms with Crippen LogP contribution in [0.5, 0.6) is 5.75 Å². The predicted octanol–water partition coefficient (Wildman–Crippen LogP) is 1.98. The molecule has 2 fully saturated rings. The summed E-state index contributed by atoms with van der Waals surface area (Å²) < 4.78 is 0. The van der Waals surface area contributed by atoms with Crippen LogP contribution in [-0.4, -0.2) is 89.0 Å². The van der Waals surface area contributed by atoms with Crippen molar-refractivity contribution in [3.05, 3.63) is 58.0 Å². The number of hydrogen-bond acceptors (Lipinski definition) is 12. The molecule has 2 saturated carbocycles. The zero-order chi connectivity index (χ0) is 34.1. The summed E-state index contributed by atoms with van der Waals surface area (Å²) in [5.41, 5.74) is 7.11. The number of Topliss-reactive ketones (excluding diaryl/α,β-unsaturated/α-hetero) is 4. The van der Waals surface area contributed by atoms with Gasteiger partial charge in [-0.25, -0.2) is 4.98 Å². The van der Waals surface area contributed by atoms with Gasteiger partial charge in [-0.2, -0.15) is 0 Å². The number of thiazole rings is 1. The molecule has 3 unspecified atom stereocenters. The van der Waals surface area contributed by atoms with E-state index in [-0.39, 0.29) is 30.7 Å². The van der Waals surface area contributed by atoms with Crippen molar-refractivity contribution in [1.82, 2.24) is 9.88 Å². The molecule has 1 heterocycles. The van der Waals surface area contributed by atoms with Crippen LogP contribution in [0.15, 0.2) is 35.7 Å². The topological polar surface area (TPSA) is 183 Å². The Bertz CT molecular complexity index is 1830. The van der Waals surface area contributed by atoms with E-state index >= 15 is 0 Å². The van der Waals surface area contributed by atoms with Gasteiger partial charge in [-0.3, -0.25) is 28.9 Å². The smallest absolute Gasteiger partial charge is 0.235 e. The van der Waals surface area contributed by atoms with Gasteiger partial charge in [0.15, 0.2) is 39.8 Å². The van der Waals surface area contributed by atoms with Crippen LogP contribution in [0, 0.1) is 30.6 Å². The number of aliphatic hydroxyl groups is 1. The van der Waals surface area contributed by atoms with Gasteiger partial charge in [0.1, 0.15) is 5.75 Å². The average molecular weight is 660 g/mol. The Hall–Kier alpha value is -4.46. The van der Waals surface area contributed by atoms with Gasteiger partial charge in [0, 0.05) is 48.8 Å². The number of nitrogens with two attached hydrogens (primary N) is 1. The molecular weight excluding hydrogens is 622 g/mol. The number of nitrogens with one attached hydrogen (secondary N) is 1. The van der Waals surface area contributed by atoms with Crippen LogP contribution < -0.4 is 16.0 Å². The van der Waals surface area contributed by atoms with Crippen LogP contribution in [0.2, 0.25) is 0 Å². The number of ketones is 4. The minimum Gasteiger partial charge on any atom is -0.507 e. The number of hydrogen-bond donors (Lipinski definition) is 4. The van der Waals surface area contributed by atoms with Crippen molar-refractivity contribution >= 4 is 51.2 Å². The maximum Gasteiger partial charge on any atom is 0.235 e. The Morgan fingerprint density at radius 1 is 1.11 bits per heavy atom. The second-order valence-corrected chi connectivity index (χ2v) is 14.1. The molecule has 3 aromatic rings. The second-order valence-electron chi connectivity index (χ2n) is 13.2. The number of benzene rings is 2. The average Bonchev–Trinajstić information content (AvgIpc) is 3.47. The molecule has 3 aliphatic rings. The molecule has 13 heteroatoms. The number of phenols is 1. The highest BCUT2D eigenvalue weighted by Crippen LogP contribution is 2.52. The highest BCUT2D eigenvalue weighted by molar-refractivity contribution is 7.14. The van der Waals surface area contributed by atoms with E-state index in [0.29, 0.717) is 21.9 Å². The summed E-state index contributed by atoms with van der Waals surface area (Å²) in [6.45, 7) is 2.13. The Kier molecular flexibility index (Phi) is 8.05. The fourth-order valence-electron chi connectivity index (χ4n) is 7.62. The number of amides is 1. The molecule has 0 radical (unpaired) electrons. The zero-order valence-corrected chi connectivity index (χ0v) is 27.6. The third kappa shape index (κ3) is 5.04. The third-order valence-corrected chi connectivity index (χ3v) is 10.7. The molecule has 6 atom stereocenters. The number of aryl methyl sites for hydroxylation is 1. The summed E-state index contributed by atoms with van der Waals surface area (Å²) >= 11 is 1.40. The first-order chi connectivity index (χ1) is 22.2. The third-order valence-electron chi connectivity index (χ3n) is 9.88. The lowest BCUT2D eigenvalue weighted by Crippen LogP contribution is -2.74. The number of carbonyl (C=O) groups is 5. The molecule has 2 aromatic carbocycles. The number of aromatic hydroxyl groups is 1. The van der Waals surface area contributed by atoms with Crippen molar-refractivity contribution in [2.75, 3.05) is 38.4 Å². The van der Waals surface area contributed by atoms with E-state index in [9.17, 15) is 34.2 Å². The van der Waals surface area contributed by atoms with E-state index in [1.54, 1.807) is 20.2 Å². The number of anilines is 2. The largest absolute Gasteiger partial charge is 0.507 e. The summed E-state index contributed by atoms with van der Waals surface area (Å²) in [6, 6.07) is 8.64. The molecule has 0 spiro atoms. The van der Waals surface area contributed by atoms with Gasteiger partial charge in [-0.1, -0.05) is 29.8 Å². The lowest BCUT2D eigenvalue weighted by Gasteiger charge is -2.52. The summed E-state index contributed by atoms with van der Waals surface area (Å²) in [7, 11) is 6.73. The minimum absolute atomic E-state index is 0.00576. The van der Waals surface area contributed by atoms with E-state index < -0.39 is 64.4 Å². The summed E-state index contributed by atoms with van der Waals surface area (Å²) in [4.78, 5) is 75.5. The quantitative estimate of drug-likeness (QED) is 0.272. The van der Waals surface area contributed by atoms with Gasteiger partial charge in [0.25, 0.3) is 0 Å². The monoisotopic (exact) mass is 659 g/mol. The van der Waals surface area contributed by atoms with Crippen LogP contribution in [0.3, 0.4) is 0 Å². The molecule has 6 rings (SSSR count). The molecular formula is C34H37N5O7S. The van der Waals surface area contributed by atoms with Crippen molar-refractivity contribution in [2.24, 2.45) is 29.4 Å². The molecule has 0 saturated heterocycles. The number of aromatic nitrogens is 1. The fraction of sp³-hybridized carbons (Fsp3) is 0.412. The maximum atomic E-state index is 14.3. The number of primary amides is 1. The van der Waals surface area contributed by atoms with Gasteiger partial charge in [0.05, 0.1) is 23.2 Å². The van der Waals surface area contributed by atoms with Crippen molar-refractivity contribution in [3.8, 4) is 17.0 Å². The Balaban J connectivity index is 1.36. The Morgan fingerprint density at radius 3 is 2.40 bits per heavy atom. The first-order valence-corrected chi connectivity index (χ1v) is 16.2. The van der Waals surface area contributed by atoms with E-state index in [4.69, 9.17) is 5.73 Å². The minimum atomic E-state index is -2.77. The van der Waals surface area contributed by atoms with Crippen LogP contribution >= 0.6 is 11.3 Å². The van der Waals surface area contributed by atoms with E-state index in [1.165, 1.54) is 16.2 Å². The summed E-state index contributed by atoms with van der Waals surface area (Å²) in [5.74, 6) is -10.7. The number of carbonyl (C=O) groups excluding carboxylic acids is 5. The van der Waals surface area contributed by atoms with Crippen molar-refractivity contribution < 1.29 is 34.2 Å². The molecule has 12 nitrogen and oxygen atoms in total. The molecule has 0 aliphatic heterocycles. The second kappa shape index (κ2) is 11.7. The SMILES string of the molecule is Cc1ccc(-c2csc(NCc3cc(N(C)C)c4c(c3O)C(=O)C3C(=O)[C@@]5(O)C(=O)C(C(N)=O)C(=O)C(N(C)C)[C@H]5C[C@H]3C4)n2)cc1. The van der Waals surface area contributed by atoms with Crippen LogP contribution in [0.1, 0.15) is 33.5 Å². The van der Waals surface area contributed by atoms with Gasteiger partial charge >= 0.3 is 0 Å². The predicted molar refractivity (Wildman–Crippen MR) is 175 cm³/mol. The molecule has 1 aromatic heterocycles. The van der Waals surface area contributed by atoms with E-state index in [0.717, 1.165) is 16.8 Å². The lowest BCUT2D eigenvalue weighted by molar-refractivity contribution is -0.181. The lowest BCUT2D eigenvalue weighted by atomic mass is 9.52. The highest BCUT2D eigenvalue weighted by Gasteiger charge is 2.69. The molecule has 47 heavy (non-hydrogen) atoms. The maximum absolute atomic E-state index is 14.3. The molecule has 1 amide bonds. The van der Waals surface area contributed by atoms with Crippen molar-refractivity contribution in [2.45, 2.75) is 38.0 Å². The van der Waals surface area contributed by atoms with Gasteiger partial charge in [-0.15, -0.1) is 11.3 Å². The normalized spacial score (nSPS) is 26.9. The standard InChI is InChI=1S/C34H37N5O7S/c1-15-6-8-16(9-7-15)21-14-47-33(37-21)36-13-18-12-22(38(2)3)19-10-17-11-20-26(39(4)5)29(42)25(32(35)45)31(44)34(20,46)30(43)23(17)28(41)24(19)27(18)40/h6-9,12,14,17,20,23,25-26,40,46H,10-11,13H2,1-5H3,(H2,35,45)(H,36,37)/t17-,20-,23?,25?,26?,34-/m1/s1. The summed E-state index contributed by atoms with van der Waals surface area (Å²) in [5, 5.41) is 29.1. The molecule has 5 N–H and O–H groups in total. The molecule has 3 aliphatic carbocycles. The number of fused-ring (bicyclic) bond motifs is 3. The number of likely N-dealkylation sites (N-methyl/N-ethyl adjacent to an activating group) is 1. The number of nitrogens with zero attached hydrogens (tertiary/aromatic N) is 3. The van der Waals surface area contributed by atoms with Crippen molar-refractivity contribution in [1.29, 1.82) is 0 Å². The Labute approximate surface area is 275 Å². The number of phenolic OH excluding ortho intramolecular Hbond substituents is 1. The van der Waals surface area contributed by atoms with Gasteiger partial charge in [-0.05, 0) is 51.4 Å². The van der Waals surface area contributed by atoms with Crippen molar-refractivity contribution in [3.63, 3.8) is 0 Å². The molecule has 246 valence electrons. The molecule has 0 bridgehead atoms. The van der Waals surface area contributed by atoms with Crippen LogP contribution in [0.25, 0.3) is 11.3 Å². The summed E-state index contributed by atoms with van der Waals surface area (Å²) in [6.07, 6.45) is 0.182. The van der Waals surface area contributed by atoms with Crippen LogP contribution in [0.4, 0.5) is 10.8 Å². The zero-order valence-electron chi connectivity index (χ0n) is 26.7. The first-order valence-electron chi connectivity index (χ1n) is 15.3. The van der Waals surface area contributed by atoms with Gasteiger partial charge < -0.3 is 26.2 Å². The Morgan fingerprint density at radius 2 is 1.79 bits per heavy atom. The van der Waals surface area contributed by atoms with Gasteiger partial charge in [0.2, 0.25) is 5.91 Å². The highest BCUT2D eigenvalue weighted by atomic mass is 32.1. The first kappa shape index (κ1) is 32.5.